The average molecular weight is 326 g/mol. The van der Waals surface area contributed by atoms with E-state index >= 15 is 0 Å². The second kappa shape index (κ2) is 7.67. The Morgan fingerprint density at radius 1 is 1.23 bits per heavy atom. The molecule has 0 unspecified atom stereocenters. The summed E-state index contributed by atoms with van der Waals surface area (Å²) in [5, 5.41) is 11.0. The van der Waals surface area contributed by atoms with Crippen LogP contribution in [0, 0.1) is 25.7 Å². The highest BCUT2D eigenvalue weighted by Crippen LogP contribution is 2.26. The summed E-state index contributed by atoms with van der Waals surface area (Å²) in [4.78, 5) is 2.35. The van der Waals surface area contributed by atoms with Crippen molar-refractivity contribution in [1.29, 1.82) is 0 Å². The minimum Gasteiger partial charge on any atom is -0.491 e. The van der Waals surface area contributed by atoms with Gasteiger partial charge in [-0.15, -0.1) is 0 Å². The Balaban J connectivity index is 1.84. The molecule has 1 heterocycles. The lowest BCUT2D eigenvalue weighted by Gasteiger charge is -2.35. The van der Waals surface area contributed by atoms with Crippen LogP contribution in [0.5, 0.6) is 5.75 Å². The molecular weight excluding hydrogens is 298 g/mol. The number of nitrogens with zero attached hydrogens (tertiary/aromatic N) is 1. The molecule has 22 heavy (non-hydrogen) atoms. The average Bonchev–Trinajstić information content (AvgIpc) is 2.41. The predicted molar refractivity (Wildman–Crippen MR) is 91.8 cm³/mol. The van der Waals surface area contributed by atoms with Crippen LogP contribution >= 0.6 is 11.6 Å². The summed E-state index contributed by atoms with van der Waals surface area (Å²) in [5.41, 5.74) is 2.01. The number of hydrogen-bond acceptors (Lipinski definition) is 3. The fourth-order valence-corrected chi connectivity index (χ4v) is 3.58. The molecule has 124 valence electrons. The van der Waals surface area contributed by atoms with E-state index in [9.17, 15) is 5.11 Å². The molecule has 1 saturated heterocycles. The summed E-state index contributed by atoms with van der Waals surface area (Å²) in [6, 6.07) is 3.85. The Bertz CT molecular complexity index is 473. The van der Waals surface area contributed by atoms with Gasteiger partial charge in [0.05, 0.1) is 0 Å². The third-order valence-corrected chi connectivity index (χ3v) is 4.86. The lowest BCUT2D eigenvalue weighted by atomic mass is 9.92. The zero-order chi connectivity index (χ0) is 16.3. The predicted octanol–water partition coefficient (Wildman–Crippen LogP) is 3.67. The van der Waals surface area contributed by atoms with Gasteiger partial charge in [0.15, 0.2) is 0 Å². The van der Waals surface area contributed by atoms with Crippen LogP contribution in [-0.4, -0.2) is 42.4 Å². The van der Waals surface area contributed by atoms with Gasteiger partial charge in [0.2, 0.25) is 0 Å². The maximum atomic E-state index is 10.2. The van der Waals surface area contributed by atoms with E-state index in [1.54, 1.807) is 0 Å². The molecule has 0 aliphatic carbocycles. The molecule has 0 radical (unpaired) electrons. The van der Waals surface area contributed by atoms with Gasteiger partial charge in [-0.25, -0.2) is 0 Å². The molecule has 1 aromatic rings. The minimum atomic E-state index is -0.464. The smallest absolute Gasteiger partial charge is 0.120 e. The standard InChI is InChI=1S/C18H28ClNO2/c1-12-5-13(2)9-20(8-12)10-16(21)11-22-17-6-14(3)18(19)15(4)7-17/h6-7,12-13,16,21H,5,8-11H2,1-4H3/t12-,13-,16+/m0/s1. The van der Waals surface area contributed by atoms with Crippen molar-refractivity contribution in [3.8, 4) is 5.75 Å². The van der Waals surface area contributed by atoms with Crippen LogP contribution in [0.3, 0.4) is 0 Å². The first-order chi connectivity index (χ1) is 10.3. The van der Waals surface area contributed by atoms with E-state index < -0.39 is 6.10 Å². The lowest BCUT2D eigenvalue weighted by Crippen LogP contribution is -2.44. The molecule has 1 aliphatic rings. The quantitative estimate of drug-likeness (QED) is 0.896. The summed E-state index contributed by atoms with van der Waals surface area (Å²) in [5.74, 6) is 2.19. The van der Waals surface area contributed by atoms with Crippen molar-refractivity contribution in [2.75, 3.05) is 26.2 Å². The second-order valence-electron chi connectivity index (χ2n) is 7.00. The fourth-order valence-electron chi connectivity index (χ4n) is 3.47. The number of rotatable bonds is 5. The number of aliphatic hydroxyl groups excluding tert-OH is 1. The highest BCUT2D eigenvalue weighted by molar-refractivity contribution is 6.32. The molecule has 2 rings (SSSR count). The van der Waals surface area contributed by atoms with E-state index in [4.69, 9.17) is 16.3 Å². The summed E-state index contributed by atoms with van der Waals surface area (Å²) < 4.78 is 5.74. The molecule has 0 spiro atoms. The first kappa shape index (κ1) is 17.6. The normalized spacial score (nSPS) is 24.3. The molecule has 0 bridgehead atoms. The third kappa shape index (κ3) is 4.87. The Kier molecular flexibility index (Phi) is 6.13. The SMILES string of the molecule is Cc1cc(OC[C@H](O)CN2C[C@@H](C)C[C@H](C)C2)cc(C)c1Cl. The van der Waals surface area contributed by atoms with Gasteiger partial charge in [0.25, 0.3) is 0 Å². The van der Waals surface area contributed by atoms with Crippen LogP contribution in [0.25, 0.3) is 0 Å². The molecule has 1 aliphatic heterocycles. The zero-order valence-corrected chi connectivity index (χ0v) is 14.9. The molecule has 1 N–H and O–H groups in total. The number of likely N-dealkylation sites (tertiary alicyclic amines) is 1. The van der Waals surface area contributed by atoms with Gasteiger partial charge in [-0.2, -0.15) is 0 Å². The van der Waals surface area contributed by atoms with Crippen LogP contribution in [-0.2, 0) is 0 Å². The van der Waals surface area contributed by atoms with Crippen LogP contribution < -0.4 is 4.74 Å². The van der Waals surface area contributed by atoms with Gasteiger partial charge in [0.1, 0.15) is 18.5 Å². The number of hydrogen-bond donors (Lipinski definition) is 1. The molecule has 0 amide bonds. The first-order valence-electron chi connectivity index (χ1n) is 8.15. The molecule has 0 aromatic heterocycles. The van der Waals surface area contributed by atoms with E-state index in [1.165, 1.54) is 6.42 Å². The number of halogens is 1. The summed E-state index contributed by atoms with van der Waals surface area (Å²) in [6.45, 7) is 11.6. The van der Waals surface area contributed by atoms with Gasteiger partial charge in [-0.05, 0) is 55.4 Å². The van der Waals surface area contributed by atoms with Gasteiger partial charge >= 0.3 is 0 Å². The van der Waals surface area contributed by atoms with E-state index in [0.29, 0.717) is 25.0 Å². The zero-order valence-electron chi connectivity index (χ0n) is 14.1. The molecular formula is C18H28ClNO2. The van der Waals surface area contributed by atoms with Crippen LogP contribution in [0.1, 0.15) is 31.4 Å². The van der Waals surface area contributed by atoms with Gasteiger partial charge in [-0.1, -0.05) is 25.4 Å². The Hall–Kier alpha value is -0.770. The van der Waals surface area contributed by atoms with Crippen molar-refractivity contribution in [3.05, 3.63) is 28.3 Å². The Morgan fingerprint density at radius 2 is 1.77 bits per heavy atom. The van der Waals surface area contributed by atoms with Crippen molar-refractivity contribution in [1.82, 2.24) is 4.90 Å². The molecule has 1 aromatic carbocycles. The number of piperidine rings is 1. The minimum absolute atomic E-state index is 0.319. The van der Waals surface area contributed by atoms with E-state index in [0.717, 1.165) is 35.0 Å². The van der Waals surface area contributed by atoms with Crippen molar-refractivity contribution in [2.24, 2.45) is 11.8 Å². The summed E-state index contributed by atoms with van der Waals surface area (Å²) in [7, 11) is 0. The lowest BCUT2D eigenvalue weighted by molar-refractivity contribution is 0.0428. The molecule has 0 saturated carbocycles. The number of aliphatic hydroxyl groups is 1. The van der Waals surface area contributed by atoms with Crippen LogP contribution in [0.15, 0.2) is 12.1 Å². The number of ether oxygens (including phenoxy) is 1. The molecule has 3 nitrogen and oxygen atoms in total. The van der Waals surface area contributed by atoms with Gasteiger partial charge in [0, 0.05) is 24.7 Å². The molecule has 3 atom stereocenters. The third-order valence-electron chi connectivity index (χ3n) is 4.27. The van der Waals surface area contributed by atoms with Crippen molar-refractivity contribution in [2.45, 2.75) is 40.2 Å². The largest absolute Gasteiger partial charge is 0.491 e. The maximum absolute atomic E-state index is 10.2. The summed E-state index contributed by atoms with van der Waals surface area (Å²) >= 11 is 6.16. The molecule has 1 fully saturated rings. The van der Waals surface area contributed by atoms with E-state index in [2.05, 4.69) is 18.7 Å². The van der Waals surface area contributed by atoms with Gasteiger partial charge in [-0.3, -0.25) is 0 Å². The topological polar surface area (TPSA) is 32.7 Å². The Labute approximate surface area is 139 Å². The fraction of sp³-hybridized carbons (Fsp3) is 0.667. The van der Waals surface area contributed by atoms with Crippen LogP contribution in [0.2, 0.25) is 5.02 Å². The first-order valence-corrected chi connectivity index (χ1v) is 8.53. The van der Waals surface area contributed by atoms with Crippen molar-refractivity contribution in [3.63, 3.8) is 0 Å². The highest BCUT2D eigenvalue weighted by Gasteiger charge is 2.23. The van der Waals surface area contributed by atoms with Crippen molar-refractivity contribution < 1.29 is 9.84 Å². The van der Waals surface area contributed by atoms with Gasteiger partial charge < -0.3 is 14.7 Å². The van der Waals surface area contributed by atoms with Crippen molar-refractivity contribution >= 4 is 11.6 Å². The number of benzene rings is 1. The highest BCUT2D eigenvalue weighted by atomic mass is 35.5. The molecule has 4 heteroatoms. The van der Waals surface area contributed by atoms with E-state index in [1.807, 2.05) is 26.0 Å². The van der Waals surface area contributed by atoms with E-state index in [-0.39, 0.29) is 0 Å². The summed E-state index contributed by atoms with van der Waals surface area (Å²) in [6.07, 6.45) is 0.820. The Morgan fingerprint density at radius 3 is 2.32 bits per heavy atom. The van der Waals surface area contributed by atoms with Crippen LogP contribution in [0.4, 0.5) is 0 Å². The number of aryl methyl sites for hydroxylation is 2. The monoisotopic (exact) mass is 325 g/mol. The maximum Gasteiger partial charge on any atom is 0.120 e. The second-order valence-corrected chi connectivity index (χ2v) is 7.38. The number of β-amino-alcohol motifs (C(OH)–C–C–N with tert-alkyl or cyclic N) is 1.